The van der Waals surface area contributed by atoms with Crippen molar-refractivity contribution in [2.75, 3.05) is 5.73 Å². The van der Waals surface area contributed by atoms with Crippen LogP contribution < -0.4 is 21.9 Å². The highest BCUT2D eigenvalue weighted by molar-refractivity contribution is 5.51. The first kappa shape index (κ1) is 10.8. The quantitative estimate of drug-likeness (QED) is 0.492. The van der Waals surface area contributed by atoms with Gasteiger partial charge in [0.25, 0.3) is 0 Å². The lowest BCUT2D eigenvalue weighted by Gasteiger charge is -2.21. The second-order valence-corrected chi connectivity index (χ2v) is 3.50. The first-order valence-corrected chi connectivity index (χ1v) is 4.57. The van der Waals surface area contributed by atoms with Crippen molar-refractivity contribution in [3.8, 4) is 5.75 Å². The molecule has 0 aliphatic heterocycles. The summed E-state index contributed by atoms with van der Waals surface area (Å²) >= 11 is 0. The predicted molar refractivity (Wildman–Crippen MR) is 57.6 cm³/mol. The Kier molecular flexibility index (Phi) is 2.98. The van der Waals surface area contributed by atoms with Crippen LogP contribution in [0.1, 0.15) is 19.4 Å². The maximum atomic E-state index is 5.79. The van der Waals surface area contributed by atoms with Crippen LogP contribution in [0.5, 0.6) is 5.75 Å². The molecule has 0 spiro atoms. The molecule has 0 radical (unpaired) electrons. The number of hydrogen-bond acceptors (Lipinski definition) is 4. The molecule has 0 heterocycles. The van der Waals surface area contributed by atoms with Gasteiger partial charge in [-0.2, -0.15) is 0 Å². The fourth-order valence-electron chi connectivity index (χ4n) is 1.21. The molecule has 4 heteroatoms. The number of benzene rings is 1. The van der Waals surface area contributed by atoms with E-state index in [4.69, 9.17) is 21.9 Å². The Hall–Kier alpha value is -1.26. The summed E-state index contributed by atoms with van der Waals surface area (Å²) in [7, 11) is 0. The number of rotatable bonds is 3. The minimum atomic E-state index is -1.17. The van der Waals surface area contributed by atoms with Crippen LogP contribution in [-0.2, 0) is 6.42 Å². The average molecular weight is 195 g/mol. The molecule has 14 heavy (non-hydrogen) atoms. The van der Waals surface area contributed by atoms with E-state index >= 15 is 0 Å². The molecule has 0 aliphatic carbocycles. The van der Waals surface area contributed by atoms with E-state index in [1.54, 1.807) is 13.0 Å². The third kappa shape index (κ3) is 2.90. The monoisotopic (exact) mass is 195 g/mol. The van der Waals surface area contributed by atoms with Crippen LogP contribution >= 0.6 is 0 Å². The summed E-state index contributed by atoms with van der Waals surface area (Å²) < 4.78 is 5.26. The standard InChI is InChI=1S/C10H17N3O/c1-3-7-4-5-8(6-9(7)11)14-10(2,12)13/h4-6H,3,11-13H2,1-2H3. The van der Waals surface area contributed by atoms with Gasteiger partial charge in [0.15, 0.2) is 0 Å². The number of ether oxygens (including phenoxy) is 1. The largest absolute Gasteiger partial charge is 0.460 e. The summed E-state index contributed by atoms with van der Waals surface area (Å²) in [5, 5.41) is 0. The van der Waals surface area contributed by atoms with Crippen LogP contribution in [0.3, 0.4) is 0 Å². The fraction of sp³-hybridized carbons (Fsp3) is 0.400. The summed E-state index contributed by atoms with van der Waals surface area (Å²) in [6.45, 7) is 3.62. The van der Waals surface area contributed by atoms with E-state index in [-0.39, 0.29) is 0 Å². The lowest BCUT2D eigenvalue weighted by atomic mass is 10.1. The van der Waals surface area contributed by atoms with Crippen molar-refractivity contribution in [3.05, 3.63) is 23.8 Å². The summed E-state index contributed by atoms with van der Waals surface area (Å²) in [4.78, 5) is 0. The zero-order chi connectivity index (χ0) is 10.8. The Labute approximate surface area is 84.0 Å². The molecule has 0 aliphatic rings. The van der Waals surface area contributed by atoms with Gasteiger partial charge in [-0.1, -0.05) is 13.0 Å². The van der Waals surface area contributed by atoms with E-state index in [9.17, 15) is 0 Å². The smallest absolute Gasteiger partial charge is 0.209 e. The van der Waals surface area contributed by atoms with Crippen molar-refractivity contribution in [2.24, 2.45) is 11.5 Å². The lowest BCUT2D eigenvalue weighted by Crippen LogP contribution is -2.51. The highest BCUT2D eigenvalue weighted by Gasteiger charge is 2.12. The second kappa shape index (κ2) is 3.86. The van der Waals surface area contributed by atoms with E-state index in [1.165, 1.54) is 0 Å². The van der Waals surface area contributed by atoms with Crippen LogP contribution in [0.4, 0.5) is 5.69 Å². The van der Waals surface area contributed by atoms with Crippen molar-refractivity contribution < 1.29 is 4.74 Å². The number of aryl methyl sites for hydroxylation is 1. The zero-order valence-corrected chi connectivity index (χ0v) is 8.58. The number of nitrogens with two attached hydrogens (primary N) is 3. The number of nitrogen functional groups attached to an aromatic ring is 1. The van der Waals surface area contributed by atoms with Crippen LogP contribution in [0.15, 0.2) is 18.2 Å². The molecule has 4 nitrogen and oxygen atoms in total. The molecule has 1 aromatic rings. The Morgan fingerprint density at radius 2 is 2.00 bits per heavy atom. The molecule has 0 fully saturated rings. The van der Waals surface area contributed by atoms with Gasteiger partial charge < -0.3 is 10.5 Å². The average Bonchev–Trinajstić information content (AvgIpc) is 2.01. The minimum absolute atomic E-state index is 0.590. The molecule has 0 atom stereocenters. The molecular formula is C10H17N3O. The number of hydrogen-bond donors (Lipinski definition) is 3. The lowest BCUT2D eigenvalue weighted by molar-refractivity contribution is 0.104. The van der Waals surface area contributed by atoms with Gasteiger partial charge in [-0.15, -0.1) is 0 Å². The Morgan fingerprint density at radius 1 is 1.36 bits per heavy atom. The highest BCUT2D eigenvalue weighted by atomic mass is 16.5. The minimum Gasteiger partial charge on any atom is -0.460 e. The van der Waals surface area contributed by atoms with Crippen LogP contribution in [0, 0.1) is 0 Å². The molecule has 1 rings (SSSR count). The molecule has 6 N–H and O–H groups in total. The van der Waals surface area contributed by atoms with E-state index < -0.39 is 5.85 Å². The van der Waals surface area contributed by atoms with Gasteiger partial charge in [0.05, 0.1) is 0 Å². The zero-order valence-electron chi connectivity index (χ0n) is 8.58. The number of anilines is 1. The van der Waals surface area contributed by atoms with Gasteiger partial charge in [0, 0.05) is 18.7 Å². The van der Waals surface area contributed by atoms with Crippen molar-refractivity contribution in [1.82, 2.24) is 0 Å². The van der Waals surface area contributed by atoms with E-state index in [1.807, 2.05) is 19.1 Å². The maximum Gasteiger partial charge on any atom is 0.209 e. The Balaban J connectivity index is 2.87. The molecule has 0 amide bonds. The van der Waals surface area contributed by atoms with Crippen LogP contribution in [0.25, 0.3) is 0 Å². The summed E-state index contributed by atoms with van der Waals surface area (Å²) in [6, 6.07) is 5.46. The van der Waals surface area contributed by atoms with Crippen molar-refractivity contribution in [1.29, 1.82) is 0 Å². The molecule has 0 bridgehead atoms. The normalized spacial score (nSPS) is 11.4. The van der Waals surface area contributed by atoms with Crippen LogP contribution in [-0.4, -0.2) is 5.85 Å². The molecule has 78 valence electrons. The van der Waals surface area contributed by atoms with E-state index in [2.05, 4.69) is 0 Å². The predicted octanol–water partition coefficient (Wildman–Crippen LogP) is 0.801. The molecular weight excluding hydrogens is 178 g/mol. The Bertz CT molecular complexity index is 318. The van der Waals surface area contributed by atoms with E-state index in [0.717, 1.165) is 12.0 Å². The van der Waals surface area contributed by atoms with Gasteiger partial charge in [-0.05, 0) is 18.1 Å². The van der Waals surface area contributed by atoms with Gasteiger partial charge in [-0.3, -0.25) is 11.5 Å². The third-order valence-electron chi connectivity index (χ3n) is 1.84. The summed E-state index contributed by atoms with van der Waals surface area (Å²) in [6.07, 6.45) is 0.897. The topological polar surface area (TPSA) is 87.3 Å². The van der Waals surface area contributed by atoms with Crippen molar-refractivity contribution >= 4 is 5.69 Å². The molecule has 0 unspecified atom stereocenters. The Morgan fingerprint density at radius 3 is 2.43 bits per heavy atom. The van der Waals surface area contributed by atoms with Gasteiger partial charge in [-0.25, -0.2) is 0 Å². The van der Waals surface area contributed by atoms with Crippen LogP contribution in [0.2, 0.25) is 0 Å². The SMILES string of the molecule is CCc1ccc(OC(C)(N)N)cc1N. The van der Waals surface area contributed by atoms with Gasteiger partial charge in [0.1, 0.15) is 5.75 Å². The summed E-state index contributed by atoms with van der Waals surface area (Å²) in [5.41, 5.74) is 18.6. The van der Waals surface area contributed by atoms with Gasteiger partial charge in [0.2, 0.25) is 5.85 Å². The molecule has 0 saturated carbocycles. The third-order valence-corrected chi connectivity index (χ3v) is 1.84. The van der Waals surface area contributed by atoms with Crippen molar-refractivity contribution in [2.45, 2.75) is 26.1 Å². The fourth-order valence-corrected chi connectivity index (χ4v) is 1.21. The molecule has 0 saturated heterocycles. The summed E-state index contributed by atoms with van der Waals surface area (Å²) in [5.74, 6) is -0.576. The first-order chi connectivity index (χ1) is 6.42. The maximum absolute atomic E-state index is 5.79. The molecule has 1 aromatic carbocycles. The molecule has 0 aromatic heterocycles. The van der Waals surface area contributed by atoms with E-state index in [0.29, 0.717) is 11.4 Å². The van der Waals surface area contributed by atoms with Crippen molar-refractivity contribution in [3.63, 3.8) is 0 Å². The highest BCUT2D eigenvalue weighted by Crippen LogP contribution is 2.21. The first-order valence-electron chi connectivity index (χ1n) is 4.57. The second-order valence-electron chi connectivity index (χ2n) is 3.50. The van der Waals surface area contributed by atoms with Gasteiger partial charge >= 0.3 is 0 Å².